The van der Waals surface area contributed by atoms with Crippen LogP contribution in [0, 0.1) is 0 Å². The molecule has 140 valence electrons. The van der Waals surface area contributed by atoms with Crippen molar-refractivity contribution in [2.24, 2.45) is 0 Å². The molecule has 0 N–H and O–H groups in total. The first-order chi connectivity index (χ1) is 11.5. The Kier molecular flexibility index (Phi) is 7.19. The Labute approximate surface area is 155 Å². The maximum absolute atomic E-state index is 13.4. The number of halogens is 1. The molecule has 8 heteroatoms. The van der Waals surface area contributed by atoms with Gasteiger partial charge in [-0.2, -0.15) is 0 Å². The second-order valence-corrected chi connectivity index (χ2v) is 11.8. The van der Waals surface area contributed by atoms with E-state index in [0.29, 0.717) is 10.6 Å². The molecule has 0 aliphatic rings. The highest BCUT2D eigenvalue weighted by Crippen LogP contribution is 2.37. The summed E-state index contributed by atoms with van der Waals surface area (Å²) in [5.41, 5.74) is -1.51. The first-order valence-electron chi connectivity index (χ1n) is 7.88. The average Bonchev–Trinajstić information content (AvgIpc) is 2.51. The lowest BCUT2D eigenvalue weighted by Gasteiger charge is -2.40. The van der Waals surface area contributed by atoms with E-state index in [1.165, 1.54) is 16.9 Å². The Morgan fingerprint density at radius 3 is 2.12 bits per heavy atom. The van der Waals surface area contributed by atoms with Crippen molar-refractivity contribution in [2.75, 3.05) is 35.0 Å². The number of carbonyl (C=O) groups excluding carboxylic acids is 2. The second kappa shape index (κ2) is 8.31. The molecule has 1 aromatic rings. The van der Waals surface area contributed by atoms with Gasteiger partial charge in [-0.3, -0.25) is 9.59 Å². The fraction of sp³-hybridized carbons (Fsp3) is 0.529. The number of amides is 2. The Bertz CT molecular complexity index is 633. The van der Waals surface area contributed by atoms with Gasteiger partial charge in [0, 0.05) is 38.8 Å². The lowest BCUT2D eigenvalue weighted by atomic mass is 9.90. The molecule has 0 spiro atoms. The summed E-state index contributed by atoms with van der Waals surface area (Å²) in [4.78, 5) is 29.3. The molecule has 2 amide bonds. The third-order valence-electron chi connectivity index (χ3n) is 3.39. The zero-order valence-electron chi connectivity index (χ0n) is 15.9. The van der Waals surface area contributed by atoms with Gasteiger partial charge in [0.2, 0.25) is 5.60 Å². The zero-order valence-corrected chi connectivity index (χ0v) is 17.7. The monoisotopic (exact) mass is 386 g/mol. The van der Waals surface area contributed by atoms with Gasteiger partial charge in [-0.25, -0.2) is 0 Å². The Morgan fingerprint density at radius 2 is 1.68 bits per heavy atom. The van der Waals surface area contributed by atoms with Crippen LogP contribution in [0.1, 0.15) is 5.56 Å². The molecule has 0 aliphatic carbocycles. The molecule has 0 saturated heterocycles. The van der Waals surface area contributed by atoms with E-state index < -0.39 is 25.7 Å². The summed E-state index contributed by atoms with van der Waals surface area (Å²) in [6, 6.07) is 6.78. The van der Waals surface area contributed by atoms with Gasteiger partial charge in [0.25, 0.3) is 11.8 Å². The number of hydrogen-bond donors (Lipinski definition) is 0. The number of nitrogens with zero attached hydrogens (tertiary/aromatic N) is 2. The third-order valence-corrected chi connectivity index (χ3v) is 4.64. The summed E-state index contributed by atoms with van der Waals surface area (Å²) in [7, 11) is 3.89. The van der Waals surface area contributed by atoms with E-state index >= 15 is 0 Å². The van der Waals surface area contributed by atoms with E-state index in [0.717, 1.165) is 0 Å². The van der Waals surface area contributed by atoms with E-state index in [9.17, 15) is 9.59 Å². The molecule has 0 heterocycles. The molecule has 0 bridgehead atoms. The summed E-state index contributed by atoms with van der Waals surface area (Å²) in [6.07, 6.45) is 0. The van der Waals surface area contributed by atoms with Crippen LogP contribution in [0.15, 0.2) is 24.3 Å². The van der Waals surface area contributed by atoms with Crippen LogP contribution < -0.4 is 0 Å². The van der Waals surface area contributed by atoms with E-state index in [2.05, 4.69) is 0 Å². The standard InChI is InChI=1S/C17H27ClN2O4Si/c1-19(2)15(21)17(24-25(5,6)7,16(22)20(3)12-23-4)13-10-8-9-11-14(13)18/h8-11H,12H2,1-7H3. The smallest absolute Gasteiger partial charge is 0.270 e. The van der Waals surface area contributed by atoms with Gasteiger partial charge in [-0.1, -0.05) is 29.8 Å². The summed E-state index contributed by atoms with van der Waals surface area (Å²) in [6.45, 7) is 5.79. The first-order valence-corrected chi connectivity index (χ1v) is 11.7. The number of hydrogen-bond acceptors (Lipinski definition) is 4. The lowest BCUT2D eigenvalue weighted by Crippen LogP contribution is -2.60. The molecule has 0 fully saturated rings. The average molecular weight is 387 g/mol. The fourth-order valence-electron chi connectivity index (χ4n) is 2.51. The van der Waals surface area contributed by atoms with Crippen molar-refractivity contribution < 1.29 is 18.8 Å². The maximum Gasteiger partial charge on any atom is 0.270 e. The Balaban J connectivity index is 3.73. The maximum atomic E-state index is 13.4. The van der Waals surface area contributed by atoms with Gasteiger partial charge < -0.3 is 19.0 Å². The molecule has 25 heavy (non-hydrogen) atoms. The van der Waals surface area contributed by atoms with E-state index in [1.54, 1.807) is 45.4 Å². The predicted molar refractivity (Wildman–Crippen MR) is 101 cm³/mol. The highest BCUT2D eigenvalue weighted by Gasteiger charge is 2.54. The highest BCUT2D eigenvalue weighted by atomic mass is 35.5. The van der Waals surface area contributed by atoms with Gasteiger partial charge in [0.05, 0.1) is 0 Å². The highest BCUT2D eigenvalue weighted by molar-refractivity contribution is 6.70. The van der Waals surface area contributed by atoms with Crippen LogP contribution in [0.4, 0.5) is 0 Å². The lowest BCUT2D eigenvalue weighted by molar-refractivity contribution is -0.166. The van der Waals surface area contributed by atoms with Crippen molar-refractivity contribution >= 4 is 31.7 Å². The molecular weight excluding hydrogens is 360 g/mol. The molecule has 1 rings (SSSR count). The van der Waals surface area contributed by atoms with Gasteiger partial charge >= 0.3 is 0 Å². The minimum Gasteiger partial charge on any atom is -0.393 e. The van der Waals surface area contributed by atoms with Crippen LogP contribution >= 0.6 is 11.6 Å². The molecule has 6 nitrogen and oxygen atoms in total. The van der Waals surface area contributed by atoms with Gasteiger partial charge in [-0.05, 0) is 25.7 Å². The number of rotatable bonds is 7. The van der Waals surface area contributed by atoms with Crippen molar-refractivity contribution in [3.63, 3.8) is 0 Å². The molecule has 1 atom stereocenters. The van der Waals surface area contributed by atoms with Crippen molar-refractivity contribution in [3.05, 3.63) is 34.9 Å². The number of likely N-dealkylation sites (N-methyl/N-ethyl adjacent to an activating group) is 2. The second-order valence-electron chi connectivity index (χ2n) is 7.00. The van der Waals surface area contributed by atoms with Crippen molar-refractivity contribution in [1.29, 1.82) is 0 Å². The predicted octanol–water partition coefficient (Wildman–Crippen LogP) is 2.54. The number of benzene rings is 1. The molecule has 1 unspecified atom stereocenters. The first kappa shape index (κ1) is 21.6. The molecule has 0 radical (unpaired) electrons. The van der Waals surface area contributed by atoms with Crippen molar-refractivity contribution in [3.8, 4) is 0 Å². The van der Waals surface area contributed by atoms with Crippen molar-refractivity contribution in [1.82, 2.24) is 9.80 Å². The van der Waals surface area contributed by atoms with Gasteiger partial charge in [-0.15, -0.1) is 0 Å². The zero-order chi connectivity index (χ0) is 19.4. The van der Waals surface area contributed by atoms with Crippen LogP contribution in [-0.4, -0.2) is 64.9 Å². The normalized spacial score (nSPS) is 13.9. The van der Waals surface area contributed by atoms with Crippen LogP contribution in [0.25, 0.3) is 0 Å². The summed E-state index contributed by atoms with van der Waals surface area (Å²) in [5, 5.41) is 0.301. The molecule has 0 aromatic heterocycles. The fourth-order valence-corrected chi connectivity index (χ4v) is 3.98. The number of ether oxygens (including phenoxy) is 1. The van der Waals surface area contributed by atoms with Gasteiger partial charge in [0.15, 0.2) is 8.32 Å². The third kappa shape index (κ3) is 4.82. The number of carbonyl (C=O) groups is 2. The molecule has 0 saturated carbocycles. The summed E-state index contributed by atoms with van der Waals surface area (Å²) >= 11 is 6.37. The Morgan fingerprint density at radius 1 is 1.12 bits per heavy atom. The Hall–Kier alpha value is -1.41. The summed E-state index contributed by atoms with van der Waals surface area (Å²) in [5.74, 6) is -0.987. The van der Waals surface area contributed by atoms with Crippen molar-refractivity contribution in [2.45, 2.75) is 25.2 Å². The minimum atomic E-state index is -2.33. The molecular formula is C17H27ClN2O4Si. The van der Waals surface area contributed by atoms with Crippen LogP contribution in [-0.2, 0) is 24.4 Å². The summed E-state index contributed by atoms with van der Waals surface area (Å²) < 4.78 is 11.3. The SMILES string of the molecule is COCN(C)C(=O)C(O[Si](C)(C)C)(C(=O)N(C)C)c1ccccc1Cl. The molecule has 1 aromatic carbocycles. The van der Waals surface area contributed by atoms with Crippen LogP contribution in [0.5, 0.6) is 0 Å². The quantitative estimate of drug-likeness (QED) is 0.410. The largest absolute Gasteiger partial charge is 0.393 e. The van der Waals surface area contributed by atoms with Crippen LogP contribution in [0.2, 0.25) is 24.7 Å². The minimum absolute atomic E-state index is 0.0286. The van der Waals surface area contributed by atoms with E-state index in [-0.39, 0.29) is 6.73 Å². The van der Waals surface area contributed by atoms with Gasteiger partial charge in [0.1, 0.15) is 6.73 Å². The van der Waals surface area contributed by atoms with E-state index in [1.807, 2.05) is 19.6 Å². The van der Waals surface area contributed by atoms with E-state index in [4.69, 9.17) is 20.8 Å². The van der Waals surface area contributed by atoms with Crippen LogP contribution in [0.3, 0.4) is 0 Å². The topological polar surface area (TPSA) is 59.1 Å². The number of methoxy groups -OCH3 is 1. The molecule has 0 aliphatic heterocycles.